The molecule has 0 unspecified atom stereocenters. The Hall–Kier alpha value is -1.19. The largest absolute Gasteiger partial charge is 0.299 e. The summed E-state index contributed by atoms with van der Waals surface area (Å²) in [7, 11) is 0. The van der Waals surface area contributed by atoms with Crippen molar-refractivity contribution in [2.45, 2.75) is 47.1 Å². The van der Waals surface area contributed by atoms with Gasteiger partial charge in [0.1, 0.15) is 5.78 Å². The minimum absolute atomic E-state index is 0.110. The molecule has 0 fully saturated rings. The van der Waals surface area contributed by atoms with Crippen LogP contribution in [0.3, 0.4) is 0 Å². The minimum atomic E-state index is 0.110. The number of Topliss-reactive ketones (excluding diaryl/α,β-unsaturated/α-hetero) is 1. The second kappa shape index (κ2) is 5.77. The van der Waals surface area contributed by atoms with E-state index in [1.807, 2.05) is 20.0 Å². The number of aryl methyl sites for hydroxylation is 1. The van der Waals surface area contributed by atoms with Gasteiger partial charge in [-0.15, -0.1) is 5.10 Å². The molecule has 1 aromatic rings. The maximum Gasteiger partial charge on any atom is 0.137 e. The predicted octanol–water partition coefficient (Wildman–Crippen LogP) is 2.09. The lowest BCUT2D eigenvalue weighted by molar-refractivity contribution is -0.122. The van der Waals surface area contributed by atoms with Crippen molar-refractivity contribution in [3.8, 4) is 0 Å². The fraction of sp³-hybridized carbons (Fsp3) is 0.750. The van der Waals surface area contributed by atoms with Gasteiger partial charge in [0.15, 0.2) is 0 Å². The average Bonchev–Trinajstić information content (AvgIpc) is 2.60. The van der Waals surface area contributed by atoms with Crippen LogP contribution in [-0.4, -0.2) is 20.8 Å². The maximum absolute atomic E-state index is 11.4. The van der Waals surface area contributed by atoms with Crippen molar-refractivity contribution >= 4 is 5.78 Å². The zero-order valence-corrected chi connectivity index (χ0v) is 10.6. The quantitative estimate of drug-likeness (QED) is 0.742. The van der Waals surface area contributed by atoms with Crippen molar-refractivity contribution in [3.05, 3.63) is 11.9 Å². The number of hydrogen-bond donors (Lipinski definition) is 0. The van der Waals surface area contributed by atoms with Gasteiger partial charge < -0.3 is 0 Å². The van der Waals surface area contributed by atoms with Crippen molar-refractivity contribution in [2.75, 3.05) is 0 Å². The van der Waals surface area contributed by atoms with E-state index >= 15 is 0 Å². The molecule has 4 nitrogen and oxygen atoms in total. The first-order valence-corrected chi connectivity index (χ1v) is 5.90. The molecule has 0 atom stereocenters. The van der Waals surface area contributed by atoms with E-state index in [-0.39, 0.29) is 11.7 Å². The van der Waals surface area contributed by atoms with E-state index in [4.69, 9.17) is 0 Å². The van der Waals surface area contributed by atoms with Crippen LogP contribution in [0.2, 0.25) is 0 Å². The van der Waals surface area contributed by atoms with Gasteiger partial charge in [-0.2, -0.15) is 0 Å². The highest BCUT2D eigenvalue weighted by Crippen LogP contribution is 2.05. The first-order valence-electron chi connectivity index (χ1n) is 5.90. The smallest absolute Gasteiger partial charge is 0.137 e. The highest BCUT2D eigenvalue weighted by atomic mass is 16.1. The van der Waals surface area contributed by atoms with E-state index in [1.54, 1.807) is 4.68 Å². The van der Waals surface area contributed by atoms with Crippen molar-refractivity contribution in [1.29, 1.82) is 0 Å². The summed E-state index contributed by atoms with van der Waals surface area (Å²) in [5, 5.41) is 8.10. The molecule has 0 N–H and O–H groups in total. The second-order valence-electron chi connectivity index (χ2n) is 4.94. The number of carbonyl (C=O) groups is 1. The molecule has 1 aromatic heterocycles. The average molecular weight is 223 g/mol. The lowest BCUT2D eigenvalue weighted by Gasteiger charge is -2.03. The summed E-state index contributed by atoms with van der Waals surface area (Å²) in [5.74, 6) is 0.974. The third-order valence-electron chi connectivity index (χ3n) is 2.43. The van der Waals surface area contributed by atoms with E-state index < -0.39 is 0 Å². The normalized spacial score (nSPS) is 11.4. The van der Waals surface area contributed by atoms with Crippen molar-refractivity contribution in [3.63, 3.8) is 0 Å². The van der Waals surface area contributed by atoms with Gasteiger partial charge >= 0.3 is 0 Å². The fourth-order valence-corrected chi connectivity index (χ4v) is 1.47. The summed E-state index contributed by atoms with van der Waals surface area (Å²) in [4.78, 5) is 11.4. The summed E-state index contributed by atoms with van der Waals surface area (Å²) in [6.45, 7) is 8.80. The Kier molecular flexibility index (Phi) is 4.65. The molecular weight excluding hydrogens is 202 g/mol. The topological polar surface area (TPSA) is 47.8 Å². The van der Waals surface area contributed by atoms with Gasteiger partial charge in [-0.25, -0.2) is 0 Å². The maximum atomic E-state index is 11.4. The molecule has 0 radical (unpaired) electrons. The monoisotopic (exact) mass is 223 g/mol. The molecule has 1 heterocycles. The highest BCUT2D eigenvalue weighted by Gasteiger charge is 2.08. The van der Waals surface area contributed by atoms with Crippen LogP contribution in [0.4, 0.5) is 0 Å². The van der Waals surface area contributed by atoms with Crippen molar-refractivity contribution in [1.82, 2.24) is 15.0 Å². The summed E-state index contributed by atoms with van der Waals surface area (Å²) >= 11 is 0. The standard InChI is InChI=1S/C12H21N3O/c1-9(2)7-11-8-15(14-13-11)6-5-12(16)10(3)4/h8-10H,5-7H2,1-4H3. The van der Waals surface area contributed by atoms with Gasteiger partial charge in [0.25, 0.3) is 0 Å². The molecule has 0 bridgehead atoms. The zero-order valence-electron chi connectivity index (χ0n) is 10.6. The molecule has 0 aliphatic rings. The molecule has 4 heteroatoms. The predicted molar refractivity (Wildman–Crippen MR) is 63.0 cm³/mol. The van der Waals surface area contributed by atoms with E-state index in [1.165, 1.54) is 0 Å². The number of rotatable bonds is 6. The van der Waals surface area contributed by atoms with Crippen LogP contribution in [0, 0.1) is 11.8 Å². The van der Waals surface area contributed by atoms with E-state index in [0.717, 1.165) is 12.1 Å². The molecule has 0 aliphatic carbocycles. The van der Waals surface area contributed by atoms with Crippen LogP contribution in [0.1, 0.15) is 39.8 Å². The molecule has 0 saturated heterocycles. The Bertz CT molecular complexity index is 342. The Balaban J connectivity index is 2.43. The van der Waals surface area contributed by atoms with Crippen LogP contribution in [0.5, 0.6) is 0 Å². The van der Waals surface area contributed by atoms with Gasteiger partial charge in [-0.05, 0) is 12.3 Å². The second-order valence-corrected chi connectivity index (χ2v) is 4.94. The third-order valence-corrected chi connectivity index (χ3v) is 2.43. The Morgan fingerprint density at radius 2 is 2.06 bits per heavy atom. The zero-order chi connectivity index (χ0) is 12.1. The molecule has 90 valence electrons. The van der Waals surface area contributed by atoms with Gasteiger partial charge in [0.2, 0.25) is 0 Å². The van der Waals surface area contributed by atoms with Crippen LogP contribution in [0.15, 0.2) is 6.20 Å². The van der Waals surface area contributed by atoms with E-state index in [2.05, 4.69) is 24.2 Å². The lowest BCUT2D eigenvalue weighted by Crippen LogP contribution is -2.11. The summed E-state index contributed by atoms with van der Waals surface area (Å²) in [5.41, 5.74) is 1.01. The highest BCUT2D eigenvalue weighted by molar-refractivity contribution is 5.80. The van der Waals surface area contributed by atoms with E-state index in [9.17, 15) is 4.79 Å². The molecular formula is C12H21N3O. The minimum Gasteiger partial charge on any atom is -0.299 e. The number of aromatic nitrogens is 3. The Morgan fingerprint density at radius 1 is 1.38 bits per heavy atom. The molecule has 1 rings (SSSR count). The van der Waals surface area contributed by atoms with Gasteiger partial charge in [-0.1, -0.05) is 32.9 Å². The van der Waals surface area contributed by atoms with E-state index in [0.29, 0.717) is 18.9 Å². The number of ketones is 1. The Labute approximate surface area is 97.0 Å². The summed E-state index contributed by atoms with van der Waals surface area (Å²) in [6.07, 6.45) is 3.42. The van der Waals surface area contributed by atoms with Gasteiger partial charge in [-0.3, -0.25) is 9.48 Å². The van der Waals surface area contributed by atoms with Crippen molar-refractivity contribution in [2.24, 2.45) is 11.8 Å². The molecule has 0 saturated carbocycles. The summed E-state index contributed by atoms with van der Waals surface area (Å²) < 4.78 is 1.76. The summed E-state index contributed by atoms with van der Waals surface area (Å²) in [6, 6.07) is 0. The number of hydrogen-bond acceptors (Lipinski definition) is 3. The fourth-order valence-electron chi connectivity index (χ4n) is 1.47. The number of nitrogens with zero attached hydrogens (tertiary/aromatic N) is 3. The van der Waals surface area contributed by atoms with Gasteiger partial charge in [0.05, 0.1) is 5.69 Å². The SMILES string of the molecule is CC(C)Cc1cn(CCC(=O)C(C)C)nn1. The molecule has 0 amide bonds. The molecule has 16 heavy (non-hydrogen) atoms. The molecule has 0 aromatic carbocycles. The van der Waals surface area contributed by atoms with Crippen molar-refractivity contribution < 1.29 is 4.79 Å². The van der Waals surface area contributed by atoms with Crippen LogP contribution < -0.4 is 0 Å². The molecule has 0 spiro atoms. The first-order chi connectivity index (χ1) is 7.49. The number of carbonyl (C=O) groups excluding carboxylic acids is 1. The third kappa shape index (κ3) is 4.13. The first kappa shape index (κ1) is 12.9. The Morgan fingerprint density at radius 3 is 2.62 bits per heavy atom. The lowest BCUT2D eigenvalue weighted by atomic mass is 10.1. The van der Waals surface area contributed by atoms with Crippen LogP contribution >= 0.6 is 0 Å². The molecule has 0 aliphatic heterocycles. The van der Waals surface area contributed by atoms with Gasteiger partial charge in [0, 0.05) is 25.1 Å². The van der Waals surface area contributed by atoms with Crippen LogP contribution in [-0.2, 0) is 17.8 Å². The van der Waals surface area contributed by atoms with Crippen LogP contribution in [0.25, 0.3) is 0 Å².